The molecule has 8 heteroatoms. The van der Waals surface area contributed by atoms with Crippen LogP contribution in [0.1, 0.15) is 45.5 Å². The number of esters is 1. The molecule has 4 aromatic rings. The smallest absolute Gasteiger partial charge is 0.341 e. The molecule has 4 rings (SSSR count). The Morgan fingerprint density at radius 1 is 1.13 bits per heavy atom. The first-order chi connectivity index (χ1) is 14.9. The maximum atomic E-state index is 13.1. The number of nitrogens with zero attached hydrogens (tertiary/aromatic N) is 1. The van der Waals surface area contributed by atoms with Gasteiger partial charge in [-0.15, -0.1) is 22.7 Å². The average molecular weight is 452 g/mol. The molecular weight excluding hydrogens is 430 g/mol. The SMILES string of the molecule is COC(=O)c1c(-c2ccccc2)csc1NC(=O)c1sc2nc(C(C)C)ccc2c1N. The molecule has 0 unspecified atom stereocenters. The second kappa shape index (κ2) is 8.49. The second-order valence-electron chi connectivity index (χ2n) is 7.25. The maximum absolute atomic E-state index is 13.1. The van der Waals surface area contributed by atoms with Crippen LogP contribution < -0.4 is 11.1 Å². The largest absolute Gasteiger partial charge is 0.465 e. The third-order valence-electron chi connectivity index (χ3n) is 4.91. The number of benzene rings is 1. The molecule has 0 aliphatic rings. The molecule has 0 aliphatic carbocycles. The Kier molecular flexibility index (Phi) is 5.75. The van der Waals surface area contributed by atoms with Gasteiger partial charge in [-0.2, -0.15) is 0 Å². The summed E-state index contributed by atoms with van der Waals surface area (Å²) in [7, 11) is 1.32. The van der Waals surface area contributed by atoms with Crippen LogP contribution in [-0.2, 0) is 4.74 Å². The number of anilines is 2. The van der Waals surface area contributed by atoms with Gasteiger partial charge >= 0.3 is 5.97 Å². The van der Waals surface area contributed by atoms with Crippen molar-refractivity contribution in [2.75, 3.05) is 18.2 Å². The number of amides is 1. The number of nitrogens with one attached hydrogen (secondary N) is 1. The van der Waals surface area contributed by atoms with Gasteiger partial charge < -0.3 is 15.8 Å². The van der Waals surface area contributed by atoms with Crippen molar-refractivity contribution in [3.8, 4) is 11.1 Å². The van der Waals surface area contributed by atoms with Crippen LogP contribution >= 0.6 is 22.7 Å². The Morgan fingerprint density at radius 3 is 2.55 bits per heavy atom. The highest BCUT2D eigenvalue weighted by molar-refractivity contribution is 7.21. The lowest BCUT2D eigenvalue weighted by molar-refractivity contribution is 0.0603. The molecule has 158 valence electrons. The normalized spacial score (nSPS) is 11.1. The van der Waals surface area contributed by atoms with Crippen molar-refractivity contribution in [1.29, 1.82) is 0 Å². The van der Waals surface area contributed by atoms with Gasteiger partial charge in [0.25, 0.3) is 5.91 Å². The van der Waals surface area contributed by atoms with Crippen molar-refractivity contribution < 1.29 is 14.3 Å². The van der Waals surface area contributed by atoms with Crippen molar-refractivity contribution in [3.05, 3.63) is 64.0 Å². The number of nitrogens with two attached hydrogens (primary N) is 1. The van der Waals surface area contributed by atoms with Crippen LogP contribution in [0.4, 0.5) is 10.7 Å². The number of carbonyl (C=O) groups excluding carboxylic acids is 2. The Labute approximate surface area is 187 Å². The van der Waals surface area contributed by atoms with Crippen LogP contribution in [0, 0.1) is 0 Å². The molecule has 0 aliphatic heterocycles. The van der Waals surface area contributed by atoms with Gasteiger partial charge in [0.2, 0.25) is 0 Å². The number of pyridine rings is 1. The summed E-state index contributed by atoms with van der Waals surface area (Å²) in [6, 6.07) is 13.3. The van der Waals surface area contributed by atoms with E-state index < -0.39 is 5.97 Å². The number of nitrogen functional groups attached to an aromatic ring is 1. The van der Waals surface area contributed by atoms with Crippen molar-refractivity contribution in [2.24, 2.45) is 0 Å². The lowest BCUT2D eigenvalue weighted by atomic mass is 10.0. The fourth-order valence-electron chi connectivity index (χ4n) is 3.25. The van der Waals surface area contributed by atoms with Gasteiger partial charge in [-0.1, -0.05) is 44.2 Å². The van der Waals surface area contributed by atoms with Crippen molar-refractivity contribution in [3.63, 3.8) is 0 Å². The lowest BCUT2D eigenvalue weighted by Gasteiger charge is -2.07. The van der Waals surface area contributed by atoms with Crippen molar-refractivity contribution >= 4 is 55.5 Å². The minimum absolute atomic E-state index is 0.273. The molecule has 0 saturated heterocycles. The van der Waals surface area contributed by atoms with Crippen molar-refractivity contribution in [2.45, 2.75) is 19.8 Å². The molecule has 6 nitrogen and oxygen atoms in total. The molecule has 3 heterocycles. The predicted molar refractivity (Wildman–Crippen MR) is 127 cm³/mol. The Bertz CT molecular complexity index is 1280. The molecule has 3 N–H and O–H groups in total. The van der Waals surface area contributed by atoms with E-state index in [2.05, 4.69) is 24.1 Å². The molecule has 0 saturated carbocycles. The standard InChI is InChI=1S/C23H21N3O3S2/c1-12(2)16-10-9-14-18(24)19(31-21(14)25-16)20(27)26-22-17(23(28)29-3)15(11-30-22)13-7-5-4-6-8-13/h4-12H,24H2,1-3H3,(H,26,27). The van der Waals surface area contributed by atoms with Crippen LogP contribution in [-0.4, -0.2) is 24.0 Å². The zero-order valence-electron chi connectivity index (χ0n) is 17.3. The summed E-state index contributed by atoms with van der Waals surface area (Å²) in [5.41, 5.74) is 9.50. The second-order valence-corrected chi connectivity index (χ2v) is 9.13. The van der Waals surface area contributed by atoms with Crippen molar-refractivity contribution in [1.82, 2.24) is 4.98 Å². The van der Waals surface area contributed by atoms with Gasteiger partial charge in [-0.25, -0.2) is 9.78 Å². The number of aromatic nitrogens is 1. The fourth-order valence-corrected chi connectivity index (χ4v) is 5.19. The molecule has 0 atom stereocenters. The first kappa shape index (κ1) is 21.0. The zero-order chi connectivity index (χ0) is 22.1. The van der Waals surface area contributed by atoms with E-state index in [0.717, 1.165) is 21.5 Å². The van der Waals surface area contributed by atoms with Crippen LogP contribution in [0.5, 0.6) is 0 Å². The van der Waals surface area contributed by atoms with Crippen LogP contribution in [0.25, 0.3) is 21.3 Å². The average Bonchev–Trinajstić information content (AvgIpc) is 3.34. The molecule has 0 spiro atoms. The summed E-state index contributed by atoms with van der Waals surface area (Å²) in [4.78, 5) is 31.3. The van der Waals surface area contributed by atoms with Gasteiger partial charge in [-0.05, 0) is 23.6 Å². The molecule has 1 aromatic carbocycles. The minimum Gasteiger partial charge on any atom is -0.465 e. The summed E-state index contributed by atoms with van der Waals surface area (Å²) in [6.07, 6.45) is 0. The summed E-state index contributed by atoms with van der Waals surface area (Å²) in [5.74, 6) is -0.615. The summed E-state index contributed by atoms with van der Waals surface area (Å²) in [6.45, 7) is 4.13. The molecule has 31 heavy (non-hydrogen) atoms. The molecule has 1 amide bonds. The highest BCUT2D eigenvalue weighted by Crippen LogP contribution is 2.38. The lowest BCUT2D eigenvalue weighted by Crippen LogP contribution is -2.14. The van der Waals surface area contributed by atoms with E-state index in [4.69, 9.17) is 10.5 Å². The van der Waals surface area contributed by atoms with Gasteiger partial charge in [0.05, 0.1) is 12.8 Å². The number of rotatable bonds is 5. The number of ether oxygens (including phenoxy) is 1. The maximum Gasteiger partial charge on any atom is 0.341 e. The topological polar surface area (TPSA) is 94.3 Å². The summed E-state index contributed by atoms with van der Waals surface area (Å²) < 4.78 is 4.98. The molecule has 0 radical (unpaired) electrons. The van der Waals surface area contributed by atoms with Crippen LogP contribution in [0.2, 0.25) is 0 Å². The first-order valence-electron chi connectivity index (χ1n) is 9.66. The van der Waals surface area contributed by atoms with E-state index in [-0.39, 0.29) is 11.8 Å². The summed E-state index contributed by atoms with van der Waals surface area (Å²) >= 11 is 2.52. The van der Waals surface area contributed by atoms with E-state index in [9.17, 15) is 9.59 Å². The quantitative estimate of drug-likeness (QED) is 0.376. The molecule has 0 fully saturated rings. The highest BCUT2D eigenvalue weighted by atomic mass is 32.1. The zero-order valence-corrected chi connectivity index (χ0v) is 18.9. The number of carbonyl (C=O) groups is 2. The van der Waals surface area contributed by atoms with Gasteiger partial charge in [0.1, 0.15) is 20.3 Å². The molecule has 0 bridgehead atoms. The van der Waals surface area contributed by atoms with E-state index in [0.29, 0.717) is 26.7 Å². The number of thiophene rings is 2. The third-order valence-corrected chi connectivity index (χ3v) is 6.91. The summed E-state index contributed by atoms with van der Waals surface area (Å²) in [5, 5.41) is 5.86. The van der Waals surface area contributed by atoms with E-state index in [1.807, 2.05) is 47.8 Å². The predicted octanol–water partition coefficient (Wildman–Crippen LogP) is 5.77. The third kappa shape index (κ3) is 3.92. The molecular formula is C23H21N3O3S2. The first-order valence-corrected chi connectivity index (χ1v) is 11.4. The Morgan fingerprint density at radius 2 is 1.87 bits per heavy atom. The highest BCUT2D eigenvalue weighted by Gasteiger charge is 2.24. The monoisotopic (exact) mass is 451 g/mol. The van der Waals surface area contributed by atoms with Gasteiger partial charge in [-0.3, -0.25) is 4.79 Å². The van der Waals surface area contributed by atoms with E-state index in [1.165, 1.54) is 29.8 Å². The molecule has 3 aromatic heterocycles. The Balaban J connectivity index is 1.71. The Hall–Kier alpha value is -3.23. The van der Waals surface area contributed by atoms with E-state index in [1.54, 1.807) is 0 Å². The number of methoxy groups -OCH3 is 1. The number of fused-ring (bicyclic) bond motifs is 1. The van der Waals surface area contributed by atoms with Crippen LogP contribution in [0.15, 0.2) is 47.8 Å². The van der Waals surface area contributed by atoms with Gasteiger partial charge in [0, 0.05) is 22.0 Å². The number of hydrogen-bond donors (Lipinski definition) is 2. The van der Waals surface area contributed by atoms with Crippen LogP contribution in [0.3, 0.4) is 0 Å². The minimum atomic E-state index is -0.511. The van der Waals surface area contributed by atoms with E-state index >= 15 is 0 Å². The number of hydrogen-bond acceptors (Lipinski definition) is 7. The van der Waals surface area contributed by atoms with Gasteiger partial charge in [0.15, 0.2) is 0 Å². The fraction of sp³-hybridized carbons (Fsp3) is 0.174.